The number of amidine groups is 1. The van der Waals surface area contributed by atoms with Gasteiger partial charge in [-0.15, -0.1) is 0 Å². The highest BCUT2D eigenvalue weighted by molar-refractivity contribution is 6.31. The highest BCUT2D eigenvalue weighted by Gasteiger charge is 2.26. The lowest BCUT2D eigenvalue weighted by Gasteiger charge is -2.27. The van der Waals surface area contributed by atoms with E-state index >= 15 is 0 Å². The van der Waals surface area contributed by atoms with Crippen molar-refractivity contribution in [2.24, 2.45) is 15.9 Å². The van der Waals surface area contributed by atoms with Crippen molar-refractivity contribution in [2.75, 3.05) is 27.2 Å². The first-order chi connectivity index (χ1) is 8.66. The number of hydrogen-bond acceptors (Lipinski definition) is 3. The maximum atomic E-state index is 5.98. The third kappa shape index (κ3) is 3.43. The fourth-order valence-corrected chi connectivity index (χ4v) is 2.25. The zero-order valence-electron chi connectivity index (χ0n) is 10.8. The summed E-state index contributed by atoms with van der Waals surface area (Å²) >= 11 is 5.98. The van der Waals surface area contributed by atoms with Crippen molar-refractivity contribution >= 4 is 23.8 Å². The van der Waals surface area contributed by atoms with Crippen LogP contribution in [-0.2, 0) is 0 Å². The van der Waals surface area contributed by atoms with E-state index in [1.54, 1.807) is 6.34 Å². The molecule has 1 aliphatic heterocycles. The minimum absolute atomic E-state index is 0.0938. The van der Waals surface area contributed by atoms with Crippen LogP contribution in [-0.4, -0.2) is 50.3 Å². The summed E-state index contributed by atoms with van der Waals surface area (Å²) in [5.41, 5.74) is 0. The Labute approximate surface area is 113 Å². The second kappa shape index (κ2) is 6.16. The number of nitrogens with one attached hydrogen (secondary N) is 1. The molecule has 0 spiro atoms. The van der Waals surface area contributed by atoms with E-state index in [4.69, 9.17) is 11.6 Å². The lowest BCUT2D eigenvalue weighted by molar-refractivity contribution is 0.403. The summed E-state index contributed by atoms with van der Waals surface area (Å²) in [6.07, 6.45) is 8.74. The second-order valence-corrected chi connectivity index (χ2v) is 5.21. The summed E-state index contributed by atoms with van der Waals surface area (Å²) in [7, 11) is 4.15. The molecule has 18 heavy (non-hydrogen) atoms. The van der Waals surface area contributed by atoms with Crippen molar-refractivity contribution in [3.05, 3.63) is 23.3 Å². The Balaban J connectivity index is 1.96. The maximum Gasteiger partial charge on any atom is 0.111 e. The van der Waals surface area contributed by atoms with Gasteiger partial charge in [0.1, 0.15) is 5.84 Å². The number of allylic oxidation sites excluding steroid dienone is 2. The summed E-state index contributed by atoms with van der Waals surface area (Å²) in [6, 6.07) is 0.0938. The van der Waals surface area contributed by atoms with Gasteiger partial charge in [-0.1, -0.05) is 17.7 Å². The number of halogens is 1. The van der Waals surface area contributed by atoms with Crippen LogP contribution in [0, 0.1) is 5.92 Å². The van der Waals surface area contributed by atoms with Gasteiger partial charge in [-0.25, -0.2) is 0 Å². The number of rotatable bonds is 4. The van der Waals surface area contributed by atoms with Gasteiger partial charge in [-0.2, -0.15) is 0 Å². The van der Waals surface area contributed by atoms with E-state index in [2.05, 4.69) is 40.4 Å². The Morgan fingerprint density at radius 1 is 1.50 bits per heavy atom. The predicted molar refractivity (Wildman–Crippen MR) is 77.5 cm³/mol. The molecule has 0 unspecified atom stereocenters. The molecular weight excluding hydrogens is 248 g/mol. The molecule has 0 aromatic rings. The Bertz CT molecular complexity index is 409. The molecule has 2 atom stereocenters. The zero-order valence-corrected chi connectivity index (χ0v) is 11.6. The normalized spacial score (nSPS) is 28.2. The number of nitrogens with zero attached hydrogens (tertiary/aromatic N) is 3. The molecule has 0 amide bonds. The van der Waals surface area contributed by atoms with E-state index in [0.29, 0.717) is 0 Å². The highest BCUT2D eigenvalue weighted by Crippen LogP contribution is 2.24. The minimum Gasteiger partial charge on any atom is -0.335 e. The average Bonchev–Trinajstić information content (AvgIpc) is 2.34. The molecule has 2 aliphatic rings. The third-order valence-electron chi connectivity index (χ3n) is 2.98. The fraction of sp³-hybridized carbons (Fsp3) is 0.538. The van der Waals surface area contributed by atoms with Gasteiger partial charge in [0.15, 0.2) is 0 Å². The molecule has 1 N–H and O–H groups in total. The minimum atomic E-state index is 0.0938. The van der Waals surface area contributed by atoms with Gasteiger partial charge in [0, 0.05) is 11.6 Å². The van der Waals surface area contributed by atoms with Crippen LogP contribution in [0.1, 0.15) is 6.42 Å². The topological polar surface area (TPSA) is 40.0 Å². The molecule has 0 aromatic carbocycles. The molecule has 98 valence electrons. The van der Waals surface area contributed by atoms with Crippen LogP contribution in [0.3, 0.4) is 0 Å². The largest absolute Gasteiger partial charge is 0.335 e. The monoisotopic (exact) mass is 266 g/mol. The van der Waals surface area contributed by atoms with E-state index < -0.39 is 0 Å². The molecule has 0 bridgehead atoms. The van der Waals surface area contributed by atoms with Crippen LogP contribution in [0.15, 0.2) is 33.2 Å². The molecule has 0 radical (unpaired) electrons. The number of fused-ring (bicyclic) bond motifs is 1. The van der Waals surface area contributed by atoms with Crippen LogP contribution in [0.5, 0.6) is 0 Å². The van der Waals surface area contributed by atoms with Crippen LogP contribution < -0.4 is 5.32 Å². The van der Waals surface area contributed by atoms with Gasteiger partial charge in [0.05, 0.1) is 18.3 Å². The van der Waals surface area contributed by atoms with Crippen molar-refractivity contribution in [3.63, 3.8) is 0 Å². The molecule has 0 saturated heterocycles. The van der Waals surface area contributed by atoms with E-state index in [1.165, 1.54) is 0 Å². The molecule has 1 aliphatic carbocycles. The first kappa shape index (κ1) is 13.3. The predicted octanol–water partition coefficient (Wildman–Crippen LogP) is 1.65. The first-order valence-electron chi connectivity index (χ1n) is 6.19. The summed E-state index contributed by atoms with van der Waals surface area (Å²) in [4.78, 5) is 11.2. The van der Waals surface area contributed by atoms with E-state index in [-0.39, 0.29) is 12.0 Å². The van der Waals surface area contributed by atoms with Crippen LogP contribution in [0.4, 0.5) is 0 Å². The smallest absolute Gasteiger partial charge is 0.111 e. The standard InChI is InChI=1S/C13H19ClN4/c1-18(2)7-3-6-15-13-11-5-4-10(14)8-12(11)16-9-17-13/h4-5,8-9,11-12H,3,6-7H2,1-2H3,(H,15,16,17)/t11-,12+/m0/s1. The Morgan fingerprint density at radius 2 is 2.33 bits per heavy atom. The quantitative estimate of drug-likeness (QED) is 0.786. The number of hydrogen-bond donors (Lipinski definition) is 1. The SMILES string of the molecule is CN(C)CCCN=C1NC=N[C@@H]2C=C(Cl)C=C[C@H]12. The molecule has 0 fully saturated rings. The van der Waals surface area contributed by atoms with Crippen molar-refractivity contribution < 1.29 is 0 Å². The summed E-state index contributed by atoms with van der Waals surface area (Å²) in [5.74, 6) is 1.20. The Hall–Kier alpha value is -1.13. The van der Waals surface area contributed by atoms with E-state index in [9.17, 15) is 0 Å². The fourth-order valence-electron chi connectivity index (χ4n) is 2.04. The maximum absolute atomic E-state index is 5.98. The zero-order chi connectivity index (χ0) is 13.0. The van der Waals surface area contributed by atoms with Crippen LogP contribution >= 0.6 is 11.6 Å². The first-order valence-corrected chi connectivity index (χ1v) is 6.57. The lowest BCUT2D eigenvalue weighted by Crippen LogP contribution is -2.40. The van der Waals surface area contributed by atoms with E-state index in [0.717, 1.165) is 30.4 Å². The van der Waals surface area contributed by atoms with Gasteiger partial charge >= 0.3 is 0 Å². The molecular formula is C13H19ClN4. The summed E-state index contributed by atoms with van der Waals surface area (Å²) in [5, 5.41) is 3.89. The highest BCUT2D eigenvalue weighted by atomic mass is 35.5. The van der Waals surface area contributed by atoms with E-state index in [1.807, 2.05) is 12.2 Å². The molecule has 1 heterocycles. The van der Waals surface area contributed by atoms with Crippen LogP contribution in [0.25, 0.3) is 0 Å². The molecule has 2 rings (SSSR count). The molecule has 0 saturated carbocycles. The van der Waals surface area contributed by atoms with Gasteiger partial charge in [-0.3, -0.25) is 9.98 Å². The lowest BCUT2D eigenvalue weighted by atomic mass is 9.93. The van der Waals surface area contributed by atoms with Crippen molar-refractivity contribution in [1.29, 1.82) is 0 Å². The van der Waals surface area contributed by atoms with Gasteiger partial charge in [0.25, 0.3) is 0 Å². The van der Waals surface area contributed by atoms with Gasteiger partial charge < -0.3 is 10.2 Å². The van der Waals surface area contributed by atoms with Crippen molar-refractivity contribution in [3.8, 4) is 0 Å². The third-order valence-corrected chi connectivity index (χ3v) is 3.23. The van der Waals surface area contributed by atoms with Gasteiger partial charge in [-0.05, 0) is 39.2 Å². The molecule has 5 heteroatoms. The Kier molecular flexibility index (Phi) is 4.55. The second-order valence-electron chi connectivity index (χ2n) is 4.77. The number of aliphatic imine (C=N–C) groups is 2. The van der Waals surface area contributed by atoms with Crippen LogP contribution in [0.2, 0.25) is 0 Å². The average molecular weight is 267 g/mol. The summed E-state index contributed by atoms with van der Waals surface area (Å²) in [6.45, 7) is 1.89. The van der Waals surface area contributed by atoms with Crippen molar-refractivity contribution in [1.82, 2.24) is 10.2 Å². The molecule has 4 nitrogen and oxygen atoms in total. The molecule has 0 aromatic heterocycles. The van der Waals surface area contributed by atoms with Gasteiger partial charge in [0.2, 0.25) is 0 Å². The Morgan fingerprint density at radius 3 is 3.11 bits per heavy atom. The van der Waals surface area contributed by atoms with Crippen molar-refractivity contribution in [2.45, 2.75) is 12.5 Å². The summed E-state index contributed by atoms with van der Waals surface area (Å²) < 4.78 is 0.